The molecule has 126 valence electrons. The van der Waals surface area contributed by atoms with Gasteiger partial charge in [-0.05, 0) is 25.2 Å². The summed E-state index contributed by atoms with van der Waals surface area (Å²) in [5.41, 5.74) is 0. The molecule has 2 unspecified atom stereocenters. The van der Waals surface area contributed by atoms with Gasteiger partial charge in [0.25, 0.3) is 0 Å². The highest BCUT2D eigenvalue weighted by atomic mass is 32.2. The first-order valence-electron chi connectivity index (χ1n) is 8.55. The van der Waals surface area contributed by atoms with Gasteiger partial charge in [-0.3, -0.25) is 4.90 Å². The number of nitrogens with zero attached hydrogens (tertiary/aromatic N) is 1. The Morgan fingerprint density at radius 2 is 1.90 bits per heavy atom. The van der Waals surface area contributed by atoms with E-state index in [1.165, 1.54) is 0 Å². The fraction of sp³-hybridized carbons (Fsp3) is 1.00. The summed E-state index contributed by atoms with van der Waals surface area (Å²) in [6, 6.07) is 1.00. The lowest BCUT2D eigenvalue weighted by Gasteiger charge is -2.41. The minimum atomic E-state index is -2.87. The summed E-state index contributed by atoms with van der Waals surface area (Å²) >= 11 is 0. The fourth-order valence-corrected chi connectivity index (χ4v) is 4.56. The lowest BCUT2D eigenvalue weighted by Crippen LogP contribution is -2.57. The van der Waals surface area contributed by atoms with Crippen molar-refractivity contribution in [2.45, 2.75) is 65.5 Å². The third-order valence-electron chi connectivity index (χ3n) is 4.20. The standard InChI is InChI=1S/C16H34N2O2S/c1-5-7-16-12-17-15(11-14(3)4)13-18(16)8-10-21(19,20)9-6-2/h14-17H,5-13H2,1-4H3. The Morgan fingerprint density at radius 1 is 1.19 bits per heavy atom. The highest BCUT2D eigenvalue weighted by Gasteiger charge is 2.28. The maximum Gasteiger partial charge on any atom is 0.151 e. The molecule has 5 heteroatoms. The van der Waals surface area contributed by atoms with Crippen molar-refractivity contribution in [3.8, 4) is 0 Å². The second kappa shape index (κ2) is 9.11. The molecule has 0 radical (unpaired) electrons. The predicted molar refractivity (Wildman–Crippen MR) is 90.5 cm³/mol. The van der Waals surface area contributed by atoms with Gasteiger partial charge in [-0.15, -0.1) is 0 Å². The van der Waals surface area contributed by atoms with Gasteiger partial charge in [-0.2, -0.15) is 0 Å². The van der Waals surface area contributed by atoms with Crippen LogP contribution in [0.15, 0.2) is 0 Å². The maximum atomic E-state index is 12.0. The normalized spacial score (nSPS) is 24.6. The number of hydrogen-bond donors (Lipinski definition) is 1. The summed E-state index contributed by atoms with van der Waals surface area (Å²) in [6.07, 6.45) is 4.18. The largest absolute Gasteiger partial charge is 0.311 e. The molecule has 0 aromatic carbocycles. The summed E-state index contributed by atoms with van der Waals surface area (Å²) in [5.74, 6) is 1.32. The van der Waals surface area contributed by atoms with Crippen molar-refractivity contribution in [1.29, 1.82) is 0 Å². The highest BCUT2D eigenvalue weighted by Crippen LogP contribution is 2.16. The number of rotatable bonds is 9. The van der Waals surface area contributed by atoms with E-state index in [-0.39, 0.29) is 0 Å². The van der Waals surface area contributed by atoms with Crippen molar-refractivity contribution in [3.05, 3.63) is 0 Å². The molecule has 1 rings (SSSR count). The number of sulfone groups is 1. The van der Waals surface area contributed by atoms with Gasteiger partial charge in [-0.1, -0.05) is 34.1 Å². The molecule has 0 aliphatic carbocycles. The van der Waals surface area contributed by atoms with Crippen molar-refractivity contribution in [1.82, 2.24) is 10.2 Å². The second-order valence-electron chi connectivity index (χ2n) is 6.82. The molecule has 0 saturated carbocycles. The zero-order valence-electron chi connectivity index (χ0n) is 14.3. The van der Waals surface area contributed by atoms with Crippen molar-refractivity contribution >= 4 is 9.84 Å². The van der Waals surface area contributed by atoms with E-state index in [1.807, 2.05) is 6.92 Å². The summed E-state index contributed by atoms with van der Waals surface area (Å²) in [4.78, 5) is 2.42. The number of piperazine rings is 1. The summed E-state index contributed by atoms with van der Waals surface area (Å²) in [7, 11) is -2.87. The molecular weight excluding hydrogens is 284 g/mol. The van der Waals surface area contributed by atoms with Gasteiger partial charge in [0, 0.05) is 37.5 Å². The van der Waals surface area contributed by atoms with Crippen molar-refractivity contribution in [2.24, 2.45) is 5.92 Å². The first-order valence-corrected chi connectivity index (χ1v) is 10.4. The van der Waals surface area contributed by atoms with Gasteiger partial charge in [0.2, 0.25) is 0 Å². The van der Waals surface area contributed by atoms with Crippen LogP contribution in [0.1, 0.15) is 53.4 Å². The molecule has 0 amide bonds. The van der Waals surface area contributed by atoms with Crippen LogP contribution < -0.4 is 5.32 Å². The second-order valence-corrected chi connectivity index (χ2v) is 9.13. The van der Waals surface area contributed by atoms with Gasteiger partial charge in [-0.25, -0.2) is 8.42 Å². The molecule has 1 heterocycles. The Kier molecular flexibility index (Phi) is 8.21. The van der Waals surface area contributed by atoms with Crippen LogP contribution in [-0.2, 0) is 9.84 Å². The van der Waals surface area contributed by atoms with Crippen LogP contribution >= 0.6 is 0 Å². The molecule has 1 N–H and O–H groups in total. The van der Waals surface area contributed by atoms with Crippen molar-refractivity contribution in [3.63, 3.8) is 0 Å². The highest BCUT2D eigenvalue weighted by molar-refractivity contribution is 7.91. The van der Waals surface area contributed by atoms with E-state index in [0.29, 0.717) is 36.1 Å². The molecule has 21 heavy (non-hydrogen) atoms. The molecule has 0 aromatic rings. The van der Waals surface area contributed by atoms with E-state index in [4.69, 9.17) is 0 Å². The van der Waals surface area contributed by atoms with E-state index in [0.717, 1.165) is 38.8 Å². The zero-order chi connectivity index (χ0) is 15.9. The van der Waals surface area contributed by atoms with Crippen molar-refractivity contribution < 1.29 is 8.42 Å². The quantitative estimate of drug-likeness (QED) is 0.709. The van der Waals surface area contributed by atoms with Gasteiger partial charge < -0.3 is 5.32 Å². The first kappa shape index (κ1) is 18.9. The molecule has 4 nitrogen and oxygen atoms in total. The van der Waals surface area contributed by atoms with E-state index in [2.05, 4.69) is 31.0 Å². The van der Waals surface area contributed by atoms with Crippen LogP contribution in [0.5, 0.6) is 0 Å². The fourth-order valence-electron chi connectivity index (χ4n) is 3.22. The van der Waals surface area contributed by atoms with Gasteiger partial charge in [0.05, 0.1) is 5.75 Å². The van der Waals surface area contributed by atoms with E-state index in [1.54, 1.807) is 0 Å². The van der Waals surface area contributed by atoms with E-state index < -0.39 is 9.84 Å². The lowest BCUT2D eigenvalue weighted by molar-refractivity contribution is 0.122. The van der Waals surface area contributed by atoms with Crippen molar-refractivity contribution in [2.75, 3.05) is 31.1 Å². The molecule has 2 atom stereocenters. The topological polar surface area (TPSA) is 49.4 Å². The minimum absolute atomic E-state index is 0.315. The first-order chi connectivity index (χ1) is 9.88. The number of hydrogen-bond acceptors (Lipinski definition) is 4. The molecule has 0 aromatic heterocycles. The maximum absolute atomic E-state index is 12.0. The van der Waals surface area contributed by atoms with Gasteiger partial charge >= 0.3 is 0 Å². The molecule has 1 aliphatic heterocycles. The lowest BCUT2D eigenvalue weighted by atomic mass is 9.98. The van der Waals surface area contributed by atoms with Crippen LogP contribution in [0.2, 0.25) is 0 Å². The molecular formula is C16H34N2O2S. The average molecular weight is 319 g/mol. The van der Waals surface area contributed by atoms with Gasteiger partial charge in [0.1, 0.15) is 0 Å². The average Bonchev–Trinajstić information content (AvgIpc) is 2.38. The van der Waals surface area contributed by atoms with E-state index >= 15 is 0 Å². The Labute approximate surface area is 131 Å². The molecule has 1 aliphatic rings. The molecule has 1 saturated heterocycles. The Bertz CT molecular complexity index is 382. The monoisotopic (exact) mass is 318 g/mol. The van der Waals surface area contributed by atoms with Crippen LogP contribution in [-0.4, -0.2) is 56.5 Å². The molecule has 1 fully saturated rings. The summed E-state index contributed by atoms with van der Waals surface area (Å²) < 4.78 is 23.9. The third-order valence-corrected chi connectivity index (χ3v) is 6.03. The van der Waals surface area contributed by atoms with Crippen LogP contribution in [0.4, 0.5) is 0 Å². The van der Waals surface area contributed by atoms with Gasteiger partial charge in [0.15, 0.2) is 9.84 Å². The minimum Gasteiger partial charge on any atom is -0.311 e. The third kappa shape index (κ3) is 7.11. The van der Waals surface area contributed by atoms with Crippen LogP contribution in [0, 0.1) is 5.92 Å². The number of nitrogens with one attached hydrogen (secondary N) is 1. The molecule has 0 spiro atoms. The van der Waals surface area contributed by atoms with Crippen LogP contribution in [0.3, 0.4) is 0 Å². The van der Waals surface area contributed by atoms with Crippen LogP contribution in [0.25, 0.3) is 0 Å². The Morgan fingerprint density at radius 3 is 2.48 bits per heavy atom. The Hall–Kier alpha value is -0.130. The Balaban J connectivity index is 2.58. The SMILES string of the molecule is CCCC1CNC(CC(C)C)CN1CCS(=O)(=O)CCC. The zero-order valence-corrected chi connectivity index (χ0v) is 15.1. The molecule has 0 bridgehead atoms. The predicted octanol–water partition coefficient (Wildman–Crippen LogP) is 2.30. The smallest absolute Gasteiger partial charge is 0.151 e. The summed E-state index contributed by atoms with van der Waals surface area (Å²) in [5, 5.41) is 3.65. The summed E-state index contributed by atoms with van der Waals surface area (Å²) in [6.45, 7) is 11.3. The van der Waals surface area contributed by atoms with E-state index in [9.17, 15) is 8.42 Å².